The fourth-order valence-corrected chi connectivity index (χ4v) is 0.903. The normalized spacial score (nSPS) is 7.17. The zero-order chi connectivity index (χ0) is 6.85. The van der Waals surface area contributed by atoms with Crippen LogP contribution in [0.5, 0.6) is 0 Å². The first kappa shape index (κ1) is 17.5. The van der Waals surface area contributed by atoms with Gasteiger partial charge in [0, 0.05) is 0 Å². The highest BCUT2D eigenvalue weighted by Crippen LogP contribution is 2.19. The highest BCUT2D eigenvalue weighted by Gasteiger charge is 2.00. The van der Waals surface area contributed by atoms with Crippen LogP contribution in [0.1, 0.15) is 0 Å². The minimum Gasteiger partial charge on any atom is -0.269 e. The van der Waals surface area contributed by atoms with Crippen molar-refractivity contribution in [1.29, 1.82) is 0 Å². The quantitative estimate of drug-likeness (QED) is 0.589. The molecule has 0 saturated heterocycles. The van der Waals surface area contributed by atoms with Gasteiger partial charge in [-0.2, -0.15) is 0 Å². The number of benzene rings is 1. The molecule has 0 amide bonds. The maximum absolute atomic E-state index is 12.5. The molecule has 0 N–H and O–H groups in total. The summed E-state index contributed by atoms with van der Waals surface area (Å²) in [6.07, 6.45) is 0. The molecule has 0 heterocycles. The Hall–Kier alpha value is -0.550. The van der Waals surface area contributed by atoms with Crippen molar-refractivity contribution < 1.29 is 18.5 Å². The molecule has 1 rings (SSSR count). The first-order valence-corrected chi connectivity index (χ1v) is 3.11. The lowest BCUT2D eigenvalue weighted by molar-refractivity contribution is 0.603. The van der Waals surface area contributed by atoms with Gasteiger partial charge in [-0.1, -0.05) is 30.3 Å². The summed E-state index contributed by atoms with van der Waals surface area (Å²) in [4.78, 5) is 0.169. The second-order valence-electron chi connectivity index (χ2n) is 1.55. The Kier molecular flexibility index (Phi) is 10.4. The highest BCUT2D eigenvalue weighted by molar-refractivity contribution is 7.80. The summed E-state index contributed by atoms with van der Waals surface area (Å²) in [7, 11) is 0. The molecule has 6 heteroatoms. The second kappa shape index (κ2) is 7.12. The zero-order valence-corrected chi connectivity index (χ0v) is 7.19. The van der Waals surface area contributed by atoms with Crippen molar-refractivity contribution in [2.45, 2.75) is 4.90 Å². The molecule has 1 radical (unpaired) electrons. The lowest BCUT2D eigenvalue weighted by Crippen LogP contribution is -1.76. The lowest BCUT2D eigenvalue weighted by Gasteiger charge is -1.92. The second-order valence-corrected chi connectivity index (χ2v) is 2.40. The Morgan fingerprint density at radius 3 is 2.00 bits per heavy atom. The average molecular weight is 222 g/mol. The summed E-state index contributed by atoms with van der Waals surface area (Å²) in [6.45, 7) is 0. The van der Waals surface area contributed by atoms with Crippen molar-refractivity contribution in [3.05, 3.63) is 29.0 Å². The Balaban J connectivity index is -0.000000270. The van der Waals surface area contributed by atoms with Crippen molar-refractivity contribution in [1.82, 2.24) is 0 Å². The fraction of sp³-hybridized carbons (Fsp3) is 0. The molecule has 1 aromatic rings. The highest BCUT2D eigenvalue weighted by atomic mass is 35.5. The maximum atomic E-state index is 12.5. The van der Waals surface area contributed by atoms with Crippen molar-refractivity contribution in [3.8, 4) is 0 Å². The number of hydrogen-bond donors (Lipinski definition) is 0. The van der Waals surface area contributed by atoms with E-state index >= 15 is 0 Å². The molecular weight excluding hydrogens is 216 g/mol. The van der Waals surface area contributed by atoms with Gasteiger partial charge >= 0.3 is 0 Å². The molecule has 0 aliphatic heterocycles. The summed E-state index contributed by atoms with van der Waals surface area (Å²) >= 11 is 9.95. The molecule has 0 aliphatic carbocycles. The van der Waals surface area contributed by atoms with E-state index in [0.29, 0.717) is 0 Å². The molecule has 0 bridgehead atoms. The van der Waals surface area contributed by atoms with Gasteiger partial charge in [0.2, 0.25) is 0 Å². The molecular formula is C6H6ClF4S. The summed E-state index contributed by atoms with van der Waals surface area (Å²) in [5.74, 6) is -0.505. The van der Waals surface area contributed by atoms with Crippen LogP contribution in [0.3, 0.4) is 0 Å². The topological polar surface area (TPSA) is 0 Å². The molecule has 1 aromatic carbocycles. The zero-order valence-electron chi connectivity index (χ0n) is 5.62. The Labute approximate surface area is 77.2 Å². The van der Waals surface area contributed by atoms with Crippen LogP contribution in [0.2, 0.25) is 5.02 Å². The van der Waals surface area contributed by atoms with E-state index in [1.165, 1.54) is 12.1 Å². The summed E-state index contributed by atoms with van der Waals surface area (Å²) in [6, 6.07) is 4.58. The van der Waals surface area contributed by atoms with Gasteiger partial charge < -0.3 is 0 Å². The van der Waals surface area contributed by atoms with Gasteiger partial charge in [-0.3, -0.25) is 14.1 Å². The summed E-state index contributed by atoms with van der Waals surface area (Å²) < 4.78 is 12.5. The van der Waals surface area contributed by atoms with Crippen LogP contribution in [0, 0.1) is 5.82 Å². The van der Waals surface area contributed by atoms with Gasteiger partial charge in [0.05, 0.1) is 9.92 Å². The largest absolute Gasteiger partial charge is 0.269 e. The average Bonchev–Trinajstić information content (AvgIpc) is 1.83. The predicted molar refractivity (Wildman–Crippen MR) is 44.8 cm³/mol. The van der Waals surface area contributed by atoms with Gasteiger partial charge in [-0.15, -0.1) is 0 Å². The van der Waals surface area contributed by atoms with Gasteiger partial charge in [0.1, 0.15) is 0 Å². The number of rotatable bonds is 0. The molecule has 0 fully saturated rings. The van der Waals surface area contributed by atoms with Crippen LogP contribution >= 0.6 is 24.2 Å². The third kappa shape index (κ3) is 3.73. The molecule has 0 spiro atoms. The van der Waals surface area contributed by atoms with Crippen LogP contribution in [-0.4, -0.2) is 0 Å². The Morgan fingerprint density at radius 1 is 1.17 bits per heavy atom. The van der Waals surface area contributed by atoms with E-state index in [4.69, 9.17) is 11.6 Å². The fourth-order valence-electron chi connectivity index (χ4n) is 0.484. The molecule has 0 aromatic heterocycles. The molecule has 0 nitrogen and oxygen atoms in total. The van der Waals surface area contributed by atoms with Crippen LogP contribution in [-0.2, 0) is 0 Å². The van der Waals surface area contributed by atoms with Gasteiger partial charge in [0.25, 0.3) is 0 Å². The number of halogens is 5. The first-order valence-electron chi connectivity index (χ1n) is 2.33. The van der Waals surface area contributed by atoms with E-state index in [1.54, 1.807) is 6.07 Å². The van der Waals surface area contributed by atoms with E-state index in [1.807, 2.05) is 0 Å². The van der Waals surface area contributed by atoms with Crippen LogP contribution in [0.25, 0.3) is 0 Å². The van der Waals surface area contributed by atoms with Crippen molar-refractivity contribution in [2.75, 3.05) is 0 Å². The lowest BCUT2D eigenvalue weighted by atomic mass is 10.3. The van der Waals surface area contributed by atoms with Crippen molar-refractivity contribution in [2.24, 2.45) is 0 Å². The van der Waals surface area contributed by atoms with Crippen molar-refractivity contribution in [3.63, 3.8) is 0 Å². The smallest absolute Gasteiger partial charge is 0.159 e. The Morgan fingerprint density at radius 2 is 1.67 bits per heavy atom. The molecule has 12 heavy (non-hydrogen) atoms. The SMILES string of the molecule is F.F.F.Fc1c([S])cccc1Cl. The van der Waals surface area contributed by atoms with E-state index in [0.717, 1.165) is 0 Å². The minimum atomic E-state index is -0.505. The van der Waals surface area contributed by atoms with Crippen LogP contribution < -0.4 is 0 Å². The molecule has 71 valence electrons. The minimum absolute atomic E-state index is 0. The summed E-state index contributed by atoms with van der Waals surface area (Å²) in [5.41, 5.74) is 0. The molecule has 0 atom stereocenters. The van der Waals surface area contributed by atoms with Gasteiger partial charge in [-0.05, 0) is 12.1 Å². The summed E-state index contributed by atoms with van der Waals surface area (Å²) in [5, 5.41) is 0.0856. The van der Waals surface area contributed by atoms with E-state index in [2.05, 4.69) is 12.6 Å². The first-order chi connectivity index (χ1) is 4.22. The van der Waals surface area contributed by atoms with Crippen LogP contribution in [0.4, 0.5) is 18.5 Å². The van der Waals surface area contributed by atoms with E-state index < -0.39 is 5.82 Å². The van der Waals surface area contributed by atoms with E-state index in [-0.39, 0.29) is 24.0 Å². The molecule has 0 saturated carbocycles. The Bertz CT molecular complexity index is 211. The third-order valence-corrected chi connectivity index (χ3v) is 1.52. The van der Waals surface area contributed by atoms with Gasteiger partial charge in [-0.25, -0.2) is 4.39 Å². The molecule has 0 aliphatic rings. The maximum Gasteiger partial charge on any atom is 0.159 e. The predicted octanol–water partition coefficient (Wildman–Crippen LogP) is 3.49. The van der Waals surface area contributed by atoms with Gasteiger partial charge in [0.15, 0.2) is 5.82 Å². The monoisotopic (exact) mass is 221 g/mol. The standard InChI is InChI=1S/C6H3ClFS.3FH/c7-4-2-1-3-5(9)6(4)8;;;/h1-3H;3*1H. The molecule has 0 unspecified atom stereocenters. The van der Waals surface area contributed by atoms with Crippen molar-refractivity contribution >= 4 is 24.2 Å². The van der Waals surface area contributed by atoms with E-state index in [9.17, 15) is 4.39 Å². The van der Waals surface area contributed by atoms with Crippen LogP contribution in [0.15, 0.2) is 23.1 Å². The third-order valence-electron chi connectivity index (χ3n) is 0.916. The number of hydrogen-bond acceptors (Lipinski definition) is 0.